The summed E-state index contributed by atoms with van der Waals surface area (Å²) in [5, 5.41) is 3.68. The Morgan fingerprint density at radius 2 is 2.00 bits per heavy atom. The number of nitrogens with one attached hydrogen (secondary N) is 1. The largest absolute Gasteiger partial charge is 0.314 e. The van der Waals surface area contributed by atoms with Crippen LogP contribution < -0.4 is 5.32 Å². The Balaban J connectivity index is 1.74. The predicted octanol–water partition coefficient (Wildman–Crippen LogP) is 2.89. The summed E-state index contributed by atoms with van der Waals surface area (Å²) in [6.45, 7) is 11.1. The molecule has 3 unspecified atom stereocenters. The molecule has 0 aromatic rings. The Hall–Kier alpha value is -0.0800. The second-order valence-electron chi connectivity index (χ2n) is 6.52. The van der Waals surface area contributed by atoms with Crippen LogP contribution in [0.5, 0.6) is 0 Å². The van der Waals surface area contributed by atoms with Gasteiger partial charge in [0.15, 0.2) is 0 Å². The molecule has 2 heteroatoms. The van der Waals surface area contributed by atoms with E-state index in [1.807, 2.05) is 0 Å². The fraction of sp³-hybridized carbons (Fsp3) is 1.00. The zero-order chi connectivity index (χ0) is 12.3. The molecule has 2 aliphatic heterocycles. The Labute approximate surface area is 107 Å². The first-order valence-corrected chi connectivity index (χ1v) is 7.64. The smallest absolute Gasteiger partial charge is 0.00818 e. The van der Waals surface area contributed by atoms with Crippen LogP contribution in [0.4, 0.5) is 0 Å². The van der Waals surface area contributed by atoms with Crippen LogP contribution >= 0.6 is 0 Å². The van der Waals surface area contributed by atoms with Gasteiger partial charge in [-0.1, -0.05) is 20.3 Å². The lowest BCUT2D eigenvalue weighted by atomic mass is 9.95. The Kier molecular flexibility index (Phi) is 4.87. The predicted molar refractivity (Wildman–Crippen MR) is 74.2 cm³/mol. The minimum atomic E-state index is 0.773. The molecule has 0 saturated carbocycles. The van der Waals surface area contributed by atoms with Crippen molar-refractivity contribution >= 4 is 0 Å². The Morgan fingerprint density at radius 1 is 1.18 bits per heavy atom. The molecule has 3 atom stereocenters. The highest BCUT2D eigenvalue weighted by Gasteiger charge is 2.29. The van der Waals surface area contributed by atoms with E-state index in [0.29, 0.717) is 0 Å². The summed E-state index contributed by atoms with van der Waals surface area (Å²) in [4.78, 5) is 2.72. The standard InChI is InChI=1S/C15H30N2/c1-12(2)14-7-9-17(11-14)13(3)10-15-6-4-5-8-16-15/h12-16H,4-11H2,1-3H3. The van der Waals surface area contributed by atoms with Crippen LogP contribution in [-0.2, 0) is 0 Å². The van der Waals surface area contributed by atoms with E-state index in [9.17, 15) is 0 Å². The lowest BCUT2D eigenvalue weighted by Gasteiger charge is -2.31. The van der Waals surface area contributed by atoms with E-state index in [1.54, 1.807) is 0 Å². The van der Waals surface area contributed by atoms with E-state index in [1.165, 1.54) is 51.7 Å². The van der Waals surface area contributed by atoms with Gasteiger partial charge in [-0.2, -0.15) is 0 Å². The van der Waals surface area contributed by atoms with E-state index >= 15 is 0 Å². The van der Waals surface area contributed by atoms with E-state index in [0.717, 1.165) is 23.9 Å². The van der Waals surface area contributed by atoms with Gasteiger partial charge in [0, 0.05) is 18.6 Å². The van der Waals surface area contributed by atoms with Gasteiger partial charge < -0.3 is 10.2 Å². The monoisotopic (exact) mass is 238 g/mol. The Bertz CT molecular complexity index is 221. The summed E-state index contributed by atoms with van der Waals surface area (Å²) in [5.74, 6) is 1.80. The molecule has 0 aromatic carbocycles. The third-order valence-electron chi connectivity index (χ3n) is 4.86. The molecule has 2 aliphatic rings. The van der Waals surface area contributed by atoms with Crippen LogP contribution in [0, 0.1) is 11.8 Å². The summed E-state index contributed by atoms with van der Waals surface area (Å²) >= 11 is 0. The highest BCUT2D eigenvalue weighted by atomic mass is 15.2. The van der Waals surface area contributed by atoms with E-state index in [-0.39, 0.29) is 0 Å². The SMILES string of the molecule is CC(C)C1CCN(C(C)CC2CCCCN2)C1. The average Bonchev–Trinajstić information content (AvgIpc) is 2.79. The van der Waals surface area contributed by atoms with Gasteiger partial charge in [0.2, 0.25) is 0 Å². The first-order chi connectivity index (χ1) is 8.16. The van der Waals surface area contributed by atoms with Crippen molar-refractivity contribution in [1.29, 1.82) is 0 Å². The summed E-state index contributed by atoms with van der Waals surface area (Å²) < 4.78 is 0. The van der Waals surface area contributed by atoms with Gasteiger partial charge in [-0.25, -0.2) is 0 Å². The van der Waals surface area contributed by atoms with Gasteiger partial charge in [0.05, 0.1) is 0 Å². The number of rotatable bonds is 4. The van der Waals surface area contributed by atoms with Crippen LogP contribution in [0.15, 0.2) is 0 Å². The molecule has 0 aliphatic carbocycles. The summed E-state index contributed by atoms with van der Waals surface area (Å²) in [6.07, 6.45) is 6.97. The topological polar surface area (TPSA) is 15.3 Å². The van der Waals surface area contributed by atoms with Gasteiger partial charge in [-0.3, -0.25) is 0 Å². The van der Waals surface area contributed by atoms with Crippen molar-refractivity contribution in [2.45, 2.75) is 65.0 Å². The molecule has 0 amide bonds. The molecule has 0 radical (unpaired) electrons. The zero-order valence-electron chi connectivity index (χ0n) is 11.9. The number of hydrogen-bond acceptors (Lipinski definition) is 2. The average molecular weight is 238 g/mol. The van der Waals surface area contributed by atoms with Crippen molar-refractivity contribution in [1.82, 2.24) is 10.2 Å². The number of likely N-dealkylation sites (tertiary alicyclic amines) is 1. The van der Waals surface area contributed by atoms with Crippen molar-refractivity contribution in [3.05, 3.63) is 0 Å². The first kappa shape index (κ1) is 13.4. The fourth-order valence-electron chi connectivity index (χ4n) is 3.45. The molecular weight excluding hydrogens is 208 g/mol. The molecule has 2 rings (SSSR count). The number of piperidine rings is 1. The number of nitrogens with zero attached hydrogens (tertiary/aromatic N) is 1. The Morgan fingerprint density at radius 3 is 2.59 bits per heavy atom. The van der Waals surface area contributed by atoms with Gasteiger partial charge in [-0.05, 0) is 57.5 Å². The van der Waals surface area contributed by atoms with Gasteiger partial charge in [0.25, 0.3) is 0 Å². The third-order valence-corrected chi connectivity index (χ3v) is 4.86. The molecule has 17 heavy (non-hydrogen) atoms. The molecule has 1 N–H and O–H groups in total. The van der Waals surface area contributed by atoms with Gasteiger partial charge >= 0.3 is 0 Å². The van der Waals surface area contributed by atoms with Crippen molar-refractivity contribution in [2.24, 2.45) is 11.8 Å². The maximum atomic E-state index is 3.68. The lowest BCUT2D eigenvalue weighted by molar-refractivity contribution is 0.204. The molecule has 2 fully saturated rings. The summed E-state index contributed by atoms with van der Waals surface area (Å²) in [6, 6.07) is 1.56. The molecule has 2 nitrogen and oxygen atoms in total. The lowest BCUT2D eigenvalue weighted by Crippen LogP contribution is -2.41. The van der Waals surface area contributed by atoms with Crippen LogP contribution in [0.1, 0.15) is 52.9 Å². The molecule has 0 aromatic heterocycles. The van der Waals surface area contributed by atoms with E-state index < -0.39 is 0 Å². The number of hydrogen-bond donors (Lipinski definition) is 1. The molecular formula is C15H30N2. The van der Waals surface area contributed by atoms with Crippen LogP contribution in [0.3, 0.4) is 0 Å². The minimum Gasteiger partial charge on any atom is -0.314 e. The summed E-state index contributed by atoms with van der Waals surface area (Å²) in [7, 11) is 0. The maximum Gasteiger partial charge on any atom is 0.00818 e. The second kappa shape index (κ2) is 6.19. The molecule has 0 spiro atoms. The molecule has 2 saturated heterocycles. The van der Waals surface area contributed by atoms with Crippen LogP contribution in [-0.4, -0.2) is 36.6 Å². The first-order valence-electron chi connectivity index (χ1n) is 7.64. The summed E-state index contributed by atoms with van der Waals surface area (Å²) in [5.41, 5.74) is 0. The van der Waals surface area contributed by atoms with Gasteiger partial charge in [-0.15, -0.1) is 0 Å². The fourth-order valence-corrected chi connectivity index (χ4v) is 3.45. The highest BCUT2D eigenvalue weighted by molar-refractivity contribution is 4.84. The van der Waals surface area contributed by atoms with Crippen molar-refractivity contribution < 1.29 is 0 Å². The molecule has 100 valence electrons. The van der Waals surface area contributed by atoms with E-state index in [2.05, 4.69) is 31.0 Å². The van der Waals surface area contributed by atoms with Crippen LogP contribution in [0.25, 0.3) is 0 Å². The van der Waals surface area contributed by atoms with Crippen molar-refractivity contribution in [3.8, 4) is 0 Å². The van der Waals surface area contributed by atoms with Crippen LogP contribution in [0.2, 0.25) is 0 Å². The minimum absolute atomic E-state index is 0.773. The van der Waals surface area contributed by atoms with Crippen molar-refractivity contribution in [2.75, 3.05) is 19.6 Å². The quantitative estimate of drug-likeness (QED) is 0.810. The highest BCUT2D eigenvalue weighted by Crippen LogP contribution is 2.26. The second-order valence-corrected chi connectivity index (χ2v) is 6.52. The third kappa shape index (κ3) is 3.69. The van der Waals surface area contributed by atoms with E-state index in [4.69, 9.17) is 0 Å². The molecule has 0 bridgehead atoms. The normalized spacial score (nSPS) is 33.2. The molecule has 2 heterocycles. The van der Waals surface area contributed by atoms with Crippen molar-refractivity contribution in [3.63, 3.8) is 0 Å². The maximum absolute atomic E-state index is 3.68. The zero-order valence-corrected chi connectivity index (χ0v) is 11.9. The van der Waals surface area contributed by atoms with Gasteiger partial charge in [0.1, 0.15) is 0 Å².